The number of quaternary nitrogens is 1. The van der Waals surface area contributed by atoms with Gasteiger partial charge in [0.15, 0.2) is 0 Å². The number of carbonyl (C=O) groups excluding carboxylic acids is 2. The molecule has 1 aromatic rings. The number of aryl methyl sites for hydroxylation is 2. The maximum absolute atomic E-state index is 11.8. The fraction of sp³-hybridized carbons (Fsp3) is 0.600. The number of aromatic hydroxyl groups is 1. The topological polar surface area (TPSA) is 91.1 Å². The predicted molar refractivity (Wildman–Crippen MR) is 99.2 cm³/mol. The molecule has 1 rings (SSSR count). The normalized spacial score (nSPS) is 10.9. The van der Waals surface area contributed by atoms with Crippen molar-refractivity contribution in [3.8, 4) is 5.75 Å². The van der Waals surface area contributed by atoms with Crippen LogP contribution >= 0.6 is 0 Å². The zero-order chi connectivity index (χ0) is 20.5. The van der Waals surface area contributed by atoms with E-state index >= 15 is 0 Å². The number of ether oxygens (including phenoxy) is 1. The highest BCUT2D eigenvalue weighted by Crippen LogP contribution is 2.34. The number of aliphatic carboxylic acids is 1. The number of hydrogen-bond acceptors (Lipinski definition) is 5. The molecule has 0 aliphatic rings. The summed E-state index contributed by atoms with van der Waals surface area (Å²) >= 11 is 0. The number of benzene rings is 1. The first-order valence-corrected chi connectivity index (χ1v) is 8.79. The van der Waals surface area contributed by atoms with E-state index in [4.69, 9.17) is 14.6 Å². The quantitative estimate of drug-likeness (QED) is 0.709. The highest BCUT2D eigenvalue weighted by atomic mass is 16.5. The Hall–Kier alpha value is -2.08. The summed E-state index contributed by atoms with van der Waals surface area (Å²) in [5.74, 6) is -0.892. The zero-order valence-corrected chi connectivity index (χ0v) is 17.1. The molecule has 0 bridgehead atoms. The molecule has 6 heteroatoms. The Morgan fingerprint density at radius 3 is 2.23 bits per heavy atom. The Morgan fingerprint density at radius 1 is 1.23 bits per heavy atom. The third kappa shape index (κ3) is 10.0. The minimum absolute atomic E-state index is 0.125. The van der Waals surface area contributed by atoms with Gasteiger partial charge in [-0.2, -0.15) is 0 Å². The molecule has 0 aliphatic heterocycles. The van der Waals surface area contributed by atoms with E-state index in [1.807, 2.05) is 33.2 Å². The second kappa shape index (κ2) is 10.8. The van der Waals surface area contributed by atoms with Crippen molar-refractivity contribution in [3.05, 3.63) is 28.8 Å². The van der Waals surface area contributed by atoms with E-state index in [9.17, 15) is 9.90 Å². The molecule has 0 radical (unpaired) electrons. The van der Waals surface area contributed by atoms with Crippen LogP contribution in [0, 0.1) is 6.92 Å². The van der Waals surface area contributed by atoms with Gasteiger partial charge in [-0.25, -0.2) is 0 Å². The molecule has 0 atom stereocenters. The number of likely N-dealkylation sites (N-methyl/N-ethyl adjacent to an activating group) is 1. The summed E-state index contributed by atoms with van der Waals surface area (Å²) in [6, 6.07) is 3.95. The van der Waals surface area contributed by atoms with Crippen molar-refractivity contribution in [2.45, 2.75) is 52.9 Å². The molecular formula is C20H33NO5. The summed E-state index contributed by atoms with van der Waals surface area (Å²) in [5.41, 5.74) is 2.72. The van der Waals surface area contributed by atoms with Crippen molar-refractivity contribution in [1.82, 2.24) is 0 Å². The molecule has 0 amide bonds. The minimum atomic E-state index is -1.08. The monoisotopic (exact) mass is 367 g/mol. The van der Waals surface area contributed by atoms with Crippen LogP contribution in [-0.4, -0.2) is 44.3 Å². The van der Waals surface area contributed by atoms with Gasteiger partial charge in [0.25, 0.3) is 0 Å². The Morgan fingerprint density at radius 2 is 1.77 bits per heavy atom. The smallest absolute Gasteiger partial charge is 0.306 e. The molecule has 148 valence electrons. The summed E-state index contributed by atoms with van der Waals surface area (Å²) in [6.07, 6.45) is 1.01. The third-order valence-electron chi connectivity index (χ3n) is 3.65. The molecule has 0 spiro atoms. The van der Waals surface area contributed by atoms with Crippen LogP contribution in [0.15, 0.2) is 12.1 Å². The molecule has 0 heterocycles. The summed E-state index contributed by atoms with van der Waals surface area (Å²) in [6.45, 7) is 10.4. The summed E-state index contributed by atoms with van der Waals surface area (Å²) in [7, 11) is 4.06. The van der Waals surface area contributed by atoms with Gasteiger partial charge in [0.2, 0.25) is 0 Å². The lowest BCUT2D eigenvalue weighted by molar-refractivity contribution is -0.858. The van der Waals surface area contributed by atoms with Crippen LogP contribution in [0.25, 0.3) is 0 Å². The van der Waals surface area contributed by atoms with Gasteiger partial charge in [-0.15, -0.1) is 0 Å². The number of carboxylic acids is 1. The lowest BCUT2D eigenvalue weighted by Crippen LogP contribution is -3.06. The average Bonchev–Trinajstić information content (AvgIpc) is 2.46. The van der Waals surface area contributed by atoms with Gasteiger partial charge in [-0.05, 0) is 42.4 Å². The number of rotatable bonds is 6. The zero-order valence-electron chi connectivity index (χ0n) is 17.1. The average molecular weight is 367 g/mol. The Labute approximate surface area is 156 Å². The number of phenolic OH excluding ortho intramolecular Hbond substituents is 1. The van der Waals surface area contributed by atoms with Crippen LogP contribution in [0.5, 0.6) is 5.75 Å². The fourth-order valence-corrected chi connectivity index (χ4v) is 2.26. The molecule has 2 N–H and O–H groups in total. The number of carbonyl (C=O) groups is 2. The Kier molecular flexibility index (Phi) is 9.94. The van der Waals surface area contributed by atoms with Crippen molar-refractivity contribution < 1.29 is 29.4 Å². The number of phenols is 1. The molecule has 26 heavy (non-hydrogen) atoms. The molecule has 0 unspecified atom stereocenters. The third-order valence-corrected chi connectivity index (χ3v) is 3.65. The van der Waals surface area contributed by atoms with Crippen molar-refractivity contribution in [3.63, 3.8) is 0 Å². The van der Waals surface area contributed by atoms with Gasteiger partial charge in [-0.1, -0.05) is 32.9 Å². The molecule has 0 saturated carbocycles. The van der Waals surface area contributed by atoms with Crippen LogP contribution in [-0.2, 0) is 26.2 Å². The first-order chi connectivity index (χ1) is 11.8. The van der Waals surface area contributed by atoms with Crippen LogP contribution in [0.3, 0.4) is 0 Å². The van der Waals surface area contributed by atoms with Crippen molar-refractivity contribution in [1.29, 1.82) is 0 Å². The van der Waals surface area contributed by atoms with Crippen LogP contribution in [0.2, 0.25) is 0 Å². The lowest BCUT2D eigenvalue weighted by Gasteiger charge is -2.22. The molecule has 0 aliphatic carbocycles. The first-order valence-electron chi connectivity index (χ1n) is 8.79. The van der Waals surface area contributed by atoms with Gasteiger partial charge in [0.05, 0.1) is 14.1 Å². The SMILES string of the molecule is CC(=O)[O-].Cc1cc(CCC(=O)OCC[NH+](C)C)cc(C(C)(C)C)c1O. The van der Waals surface area contributed by atoms with Crippen LogP contribution in [0.1, 0.15) is 50.8 Å². The number of esters is 1. The predicted octanol–water partition coefficient (Wildman–Crippen LogP) is 0.375. The number of carboxylic acid groups (broad SMARTS) is 1. The van der Waals surface area contributed by atoms with E-state index in [1.165, 1.54) is 4.90 Å². The molecule has 0 saturated heterocycles. The standard InChI is InChI=1S/C18H29NO3.C2H4O2/c1-13-11-14(12-15(17(13)21)18(2,3)4)7-8-16(20)22-10-9-19(5)6;1-2(3)4/h11-12,21H,7-10H2,1-6H3;1H3,(H,3,4). The first kappa shape index (κ1) is 23.9. The van der Waals surface area contributed by atoms with Crippen molar-refractivity contribution in [2.24, 2.45) is 0 Å². The van der Waals surface area contributed by atoms with E-state index in [0.717, 1.165) is 30.2 Å². The van der Waals surface area contributed by atoms with Gasteiger partial charge in [0, 0.05) is 12.4 Å². The van der Waals surface area contributed by atoms with Crippen LogP contribution < -0.4 is 10.0 Å². The lowest BCUT2D eigenvalue weighted by atomic mass is 9.83. The van der Waals surface area contributed by atoms with E-state index in [-0.39, 0.29) is 11.4 Å². The second-order valence-electron chi connectivity index (χ2n) is 7.73. The van der Waals surface area contributed by atoms with E-state index < -0.39 is 5.97 Å². The molecular weight excluding hydrogens is 334 g/mol. The van der Waals surface area contributed by atoms with Gasteiger partial charge in [0.1, 0.15) is 18.9 Å². The summed E-state index contributed by atoms with van der Waals surface area (Å²) < 4.78 is 5.22. The number of nitrogens with one attached hydrogen (secondary N) is 1. The maximum atomic E-state index is 11.8. The molecule has 0 aromatic heterocycles. The van der Waals surface area contributed by atoms with Gasteiger partial charge < -0.3 is 24.6 Å². The highest BCUT2D eigenvalue weighted by molar-refractivity contribution is 5.69. The van der Waals surface area contributed by atoms with Gasteiger partial charge >= 0.3 is 5.97 Å². The van der Waals surface area contributed by atoms with E-state index in [1.54, 1.807) is 0 Å². The summed E-state index contributed by atoms with van der Waals surface area (Å²) in [4.78, 5) is 21.9. The Bertz CT molecular complexity index is 599. The molecule has 6 nitrogen and oxygen atoms in total. The van der Waals surface area contributed by atoms with Crippen molar-refractivity contribution in [2.75, 3.05) is 27.2 Å². The van der Waals surface area contributed by atoms with Gasteiger partial charge in [-0.3, -0.25) is 4.79 Å². The van der Waals surface area contributed by atoms with E-state index in [0.29, 0.717) is 25.2 Å². The Balaban J connectivity index is 0.00000141. The largest absolute Gasteiger partial charge is 0.550 e. The highest BCUT2D eigenvalue weighted by Gasteiger charge is 2.20. The number of hydrogen-bond donors (Lipinski definition) is 2. The van der Waals surface area contributed by atoms with Crippen LogP contribution in [0.4, 0.5) is 0 Å². The maximum Gasteiger partial charge on any atom is 0.306 e. The second-order valence-corrected chi connectivity index (χ2v) is 7.73. The summed E-state index contributed by atoms with van der Waals surface area (Å²) in [5, 5.41) is 19.1. The van der Waals surface area contributed by atoms with Crippen molar-refractivity contribution >= 4 is 11.9 Å². The minimum Gasteiger partial charge on any atom is -0.550 e. The fourth-order valence-electron chi connectivity index (χ4n) is 2.26. The molecule has 0 fully saturated rings. The molecule has 1 aromatic carbocycles. The van der Waals surface area contributed by atoms with E-state index in [2.05, 4.69) is 20.8 Å².